The van der Waals surface area contributed by atoms with Crippen molar-refractivity contribution < 1.29 is 17.9 Å². The Balaban J connectivity index is 1.74. The van der Waals surface area contributed by atoms with Gasteiger partial charge < -0.3 is 4.74 Å². The topological polar surface area (TPSA) is 46.5 Å². The predicted octanol–water partition coefficient (Wildman–Crippen LogP) is 5.92. The first-order chi connectivity index (χ1) is 12.4. The van der Waals surface area contributed by atoms with Crippen LogP contribution in [0.4, 0.5) is 18.3 Å². The molecule has 0 saturated carbocycles. The van der Waals surface area contributed by atoms with Crippen molar-refractivity contribution in [3.05, 3.63) is 63.9 Å². The van der Waals surface area contributed by atoms with Gasteiger partial charge >= 0.3 is 6.36 Å². The molecule has 0 unspecified atom stereocenters. The molecular weight excluding hydrogens is 431 g/mol. The van der Waals surface area contributed by atoms with Crippen LogP contribution in [0.3, 0.4) is 0 Å². The molecule has 0 fully saturated rings. The van der Waals surface area contributed by atoms with Gasteiger partial charge in [0.1, 0.15) is 5.75 Å². The Morgan fingerprint density at radius 3 is 2.62 bits per heavy atom. The van der Waals surface area contributed by atoms with Crippen LogP contribution in [0.25, 0.3) is 11.3 Å². The van der Waals surface area contributed by atoms with Crippen molar-refractivity contribution in [2.75, 3.05) is 5.43 Å². The number of ether oxygens (including phenoxy) is 1. The molecule has 9 heteroatoms. The van der Waals surface area contributed by atoms with Crippen LogP contribution < -0.4 is 10.2 Å². The average molecular weight is 442 g/mol. The summed E-state index contributed by atoms with van der Waals surface area (Å²) in [6.07, 6.45) is -3.54. The molecule has 3 rings (SSSR count). The number of hydrogen-bond acceptors (Lipinski definition) is 5. The van der Waals surface area contributed by atoms with Gasteiger partial charge in [-0.2, -0.15) is 5.10 Å². The smallest absolute Gasteiger partial charge is 0.405 e. The summed E-state index contributed by atoms with van der Waals surface area (Å²) in [7, 11) is 0. The van der Waals surface area contributed by atoms with Gasteiger partial charge in [0.15, 0.2) is 0 Å². The van der Waals surface area contributed by atoms with E-state index in [-0.39, 0.29) is 11.3 Å². The summed E-state index contributed by atoms with van der Waals surface area (Å²) in [6, 6.07) is 13.9. The van der Waals surface area contributed by atoms with Gasteiger partial charge in [0.05, 0.1) is 17.5 Å². The average Bonchev–Trinajstić information content (AvgIpc) is 3.06. The lowest BCUT2D eigenvalue weighted by Crippen LogP contribution is -2.18. The normalized spacial score (nSPS) is 11.7. The van der Waals surface area contributed by atoms with Gasteiger partial charge in [-0.1, -0.05) is 36.4 Å². The van der Waals surface area contributed by atoms with Crippen LogP contribution in [-0.2, 0) is 0 Å². The van der Waals surface area contributed by atoms with Gasteiger partial charge in [-0.15, -0.1) is 24.5 Å². The molecule has 1 N–H and O–H groups in total. The summed E-state index contributed by atoms with van der Waals surface area (Å²) in [5.74, 6) is -0.346. The van der Waals surface area contributed by atoms with E-state index in [2.05, 4.69) is 36.2 Å². The number of benzene rings is 2. The molecule has 26 heavy (non-hydrogen) atoms. The minimum absolute atomic E-state index is 0.164. The van der Waals surface area contributed by atoms with Crippen molar-refractivity contribution in [1.82, 2.24) is 4.98 Å². The first kappa shape index (κ1) is 18.4. The van der Waals surface area contributed by atoms with Crippen molar-refractivity contribution >= 4 is 38.6 Å². The lowest BCUT2D eigenvalue weighted by molar-refractivity contribution is -0.274. The second kappa shape index (κ2) is 7.88. The van der Waals surface area contributed by atoms with Gasteiger partial charge in [-0.3, -0.25) is 5.43 Å². The van der Waals surface area contributed by atoms with Crippen molar-refractivity contribution in [3.8, 4) is 17.0 Å². The Kier molecular flexibility index (Phi) is 5.58. The second-order valence-corrected chi connectivity index (χ2v) is 6.69. The molecule has 0 radical (unpaired) electrons. The van der Waals surface area contributed by atoms with E-state index in [0.717, 1.165) is 11.3 Å². The van der Waals surface area contributed by atoms with Crippen LogP contribution in [0.2, 0.25) is 0 Å². The molecule has 134 valence electrons. The van der Waals surface area contributed by atoms with E-state index in [1.807, 2.05) is 35.7 Å². The fourth-order valence-corrected chi connectivity index (χ4v) is 3.19. The monoisotopic (exact) mass is 441 g/mol. The highest BCUT2D eigenvalue weighted by molar-refractivity contribution is 9.10. The highest BCUT2D eigenvalue weighted by Crippen LogP contribution is 2.30. The molecule has 0 aliphatic heterocycles. The summed E-state index contributed by atoms with van der Waals surface area (Å²) in [4.78, 5) is 4.39. The molecule has 1 aromatic heterocycles. The Morgan fingerprint density at radius 1 is 1.12 bits per heavy atom. The molecule has 2 aromatic carbocycles. The third kappa shape index (κ3) is 4.83. The van der Waals surface area contributed by atoms with E-state index >= 15 is 0 Å². The lowest BCUT2D eigenvalue weighted by atomic mass is 10.2. The van der Waals surface area contributed by atoms with E-state index < -0.39 is 6.36 Å². The fourth-order valence-electron chi connectivity index (χ4n) is 2.07. The number of rotatable bonds is 5. The largest absolute Gasteiger partial charge is 0.573 e. The zero-order valence-corrected chi connectivity index (χ0v) is 15.4. The number of nitrogens with zero attached hydrogens (tertiary/aromatic N) is 2. The van der Waals surface area contributed by atoms with Crippen LogP contribution in [-0.4, -0.2) is 17.6 Å². The van der Waals surface area contributed by atoms with E-state index in [4.69, 9.17) is 0 Å². The number of alkyl halides is 3. The zero-order valence-electron chi connectivity index (χ0n) is 13.0. The van der Waals surface area contributed by atoms with Crippen LogP contribution in [0.15, 0.2) is 63.5 Å². The third-order valence-corrected chi connectivity index (χ3v) is 4.60. The van der Waals surface area contributed by atoms with E-state index in [9.17, 15) is 13.2 Å². The summed E-state index contributed by atoms with van der Waals surface area (Å²) in [6.45, 7) is 0. The molecule has 0 aliphatic rings. The van der Waals surface area contributed by atoms with Gasteiger partial charge in [-0.25, -0.2) is 4.98 Å². The minimum atomic E-state index is -4.78. The Bertz CT molecular complexity index is 913. The number of aromatic nitrogens is 1. The standard InChI is InChI=1S/C17H11BrF3N3OS/c18-13-7-4-8-15(25-17(19,20)21)12(13)9-22-24-16-23-14(10-26-16)11-5-2-1-3-6-11/h1-10H,(H,23,24). The molecule has 0 spiro atoms. The van der Waals surface area contributed by atoms with E-state index in [0.29, 0.717) is 9.60 Å². The summed E-state index contributed by atoms with van der Waals surface area (Å²) >= 11 is 4.54. The summed E-state index contributed by atoms with van der Waals surface area (Å²) in [5.41, 5.74) is 4.64. The van der Waals surface area contributed by atoms with Crippen molar-refractivity contribution in [1.29, 1.82) is 0 Å². The van der Waals surface area contributed by atoms with Gasteiger partial charge in [0.2, 0.25) is 5.13 Å². The molecule has 0 bridgehead atoms. The molecule has 4 nitrogen and oxygen atoms in total. The zero-order chi connectivity index (χ0) is 18.6. The summed E-state index contributed by atoms with van der Waals surface area (Å²) in [5, 5.41) is 6.35. The number of anilines is 1. The fraction of sp³-hybridized carbons (Fsp3) is 0.0588. The number of thiazole rings is 1. The van der Waals surface area contributed by atoms with Crippen molar-refractivity contribution in [3.63, 3.8) is 0 Å². The molecular formula is C17H11BrF3N3OS. The van der Waals surface area contributed by atoms with Crippen LogP contribution in [0.1, 0.15) is 5.56 Å². The van der Waals surface area contributed by atoms with Gasteiger partial charge in [0, 0.05) is 15.4 Å². The maximum absolute atomic E-state index is 12.5. The van der Waals surface area contributed by atoms with Crippen LogP contribution >= 0.6 is 27.3 Å². The molecule has 1 heterocycles. The van der Waals surface area contributed by atoms with E-state index in [1.165, 1.54) is 29.7 Å². The van der Waals surface area contributed by atoms with Crippen LogP contribution in [0, 0.1) is 0 Å². The first-order valence-electron chi connectivity index (χ1n) is 7.27. The number of halogens is 4. The molecule has 0 atom stereocenters. The Morgan fingerprint density at radius 2 is 1.88 bits per heavy atom. The number of hydrogen-bond donors (Lipinski definition) is 1. The Labute approximate surface area is 159 Å². The quantitative estimate of drug-likeness (QED) is 0.394. The SMILES string of the molecule is FC(F)(F)Oc1cccc(Br)c1C=NNc1nc(-c2ccccc2)cs1. The number of hydrazone groups is 1. The highest BCUT2D eigenvalue weighted by atomic mass is 79.9. The lowest BCUT2D eigenvalue weighted by Gasteiger charge is -2.11. The Hall–Kier alpha value is -2.39. The predicted molar refractivity (Wildman–Crippen MR) is 99.6 cm³/mol. The minimum Gasteiger partial charge on any atom is -0.405 e. The molecule has 0 amide bonds. The number of nitrogens with one attached hydrogen (secondary N) is 1. The van der Waals surface area contributed by atoms with Crippen molar-refractivity contribution in [2.45, 2.75) is 6.36 Å². The second-order valence-electron chi connectivity index (χ2n) is 4.97. The van der Waals surface area contributed by atoms with Crippen molar-refractivity contribution in [2.24, 2.45) is 5.10 Å². The maximum Gasteiger partial charge on any atom is 0.573 e. The molecule has 0 saturated heterocycles. The maximum atomic E-state index is 12.5. The molecule has 0 aliphatic carbocycles. The van der Waals surface area contributed by atoms with E-state index in [1.54, 1.807) is 6.07 Å². The molecule has 3 aromatic rings. The van der Waals surface area contributed by atoms with Crippen LogP contribution in [0.5, 0.6) is 5.75 Å². The summed E-state index contributed by atoms with van der Waals surface area (Å²) < 4.78 is 41.9. The first-order valence-corrected chi connectivity index (χ1v) is 8.94. The third-order valence-electron chi connectivity index (χ3n) is 3.17. The van der Waals surface area contributed by atoms with Gasteiger partial charge in [0.25, 0.3) is 0 Å². The van der Waals surface area contributed by atoms with Gasteiger partial charge in [-0.05, 0) is 28.1 Å². The highest BCUT2D eigenvalue weighted by Gasteiger charge is 2.32.